The molecule has 0 aliphatic carbocycles. The number of hydrogen-bond donors (Lipinski definition) is 3. The number of primary sulfonamides is 1. The van der Waals surface area contributed by atoms with Gasteiger partial charge in [0.05, 0.1) is 15.5 Å². The van der Waals surface area contributed by atoms with Crippen LogP contribution < -0.4 is 15.2 Å². The van der Waals surface area contributed by atoms with E-state index in [1.165, 1.54) is 12.1 Å². The zero-order chi connectivity index (χ0) is 19.4. The lowest BCUT2D eigenvalue weighted by Crippen LogP contribution is -2.27. The summed E-state index contributed by atoms with van der Waals surface area (Å²) in [4.78, 5) is -0.531. The van der Waals surface area contributed by atoms with Crippen LogP contribution in [0.3, 0.4) is 0 Å². The molecule has 0 radical (unpaired) electrons. The van der Waals surface area contributed by atoms with E-state index in [9.17, 15) is 21.9 Å². The third kappa shape index (κ3) is 5.70. The highest BCUT2D eigenvalue weighted by Gasteiger charge is 2.18. The lowest BCUT2D eigenvalue weighted by Gasteiger charge is -2.16. The van der Waals surface area contributed by atoms with Crippen molar-refractivity contribution in [1.82, 2.24) is 0 Å². The van der Waals surface area contributed by atoms with Gasteiger partial charge in [-0.15, -0.1) is 0 Å². The predicted molar refractivity (Wildman–Crippen MR) is 97.4 cm³/mol. The summed E-state index contributed by atoms with van der Waals surface area (Å²) in [6.07, 6.45) is 0.0376. The van der Waals surface area contributed by atoms with Crippen molar-refractivity contribution in [2.75, 3.05) is 24.7 Å². The molecular weight excluding hydrogens is 380 g/mol. The summed E-state index contributed by atoms with van der Waals surface area (Å²) in [6, 6.07) is 12.4. The molecule has 0 aliphatic heterocycles. The molecule has 0 fully saturated rings. The summed E-state index contributed by atoms with van der Waals surface area (Å²) in [6.45, 7) is 0.00452. The minimum absolute atomic E-state index is 0.000481. The van der Waals surface area contributed by atoms with E-state index in [0.717, 1.165) is 12.3 Å². The van der Waals surface area contributed by atoms with E-state index in [0.29, 0.717) is 5.75 Å². The number of benzene rings is 2. The van der Waals surface area contributed by atoms with Gasteiger partial charge >= 0.3 is 0 Å². The van der Waals surface area contributed by atoms with Gasteiger partial charge in [0, 0.05) is 12.8 Å². The first-order valence-corrected chi connectivity index (χ1v) is 11.0. The number of nitrogens with two attached hydrogens (primary N) is 1. The van der Waals surface area contributed by atoms with E-state index >= 15 is 0 Å². The molecule has 2 rings (SSSR count). The van der Waals surface area contributed by atoms with Crippen molar-refractivity contribution < 1.29 is 26.7 Å². The van der Waals surface area contributed by atoms with Crippen LogP contribution in [-0.4, -0.2) is 47.5 Å². The van der Waals surface area contributed by atoms with E-state index in [1.807, 2.05) is 6.07 Å². The predicted octanol–water partition coefficient (Wildman–Crippen LogP) is 0.589. The quantitative estimate of drug-likeness (QED) is 0.590. The monoisotopic (exact) mass is 400 g/mol. The van der Waals surface area contributed by atoms with Gasteiger partial charge in [0.25, 0.3) is 0 Å². The van der Waals surface area contributed by atoms with Crippen LogP contribution in [0, 0.1) is 0 Å². The van der Waals surface area contributed by atoms with Gasteiger partial charge in [-0.05, 0) is 30.3 Å². The highest BCUT2D eigenvalue weighted by Crippen LogP contribution is 2.24. The van der Waals surface area contributed by atoms with Gasteiger partial charge in [-0.2, -0.15) is 0 Å². The Morgan fingerprint density at radius 1 is 1.12 bits per heavy atom. The average Bonchev–Trinajstić information content (AvgIpc) is 2.57. The summed E-state index contributed by atoms with van der Waals surface area (Å²) in [5.74, 6) is 0.598. The molecule has 2 aromatic rings. The van der Waals surface area contributed by atoms with Gasteiger partial charge in [-0.1, -0.05) is 18.2 Å². The maximum atomic E-state index is 11.9. The third-order valence-electron chi connectivity index (χ3n) is 3.39. The molecule has 1 unspecified atom stereocenters. The summed E-state index contributed by atoms with van der Waals surface area (Å²) in [5, 5.41) is 17.8. The average molecular weight is 400 g/mol. The van der Waals surface area contributed by atoms with Crippen molar-refractivity contribution in [3.8, 4) is 5.75 Å². The molecule has 0 spiro atoms. The zero-order valence-corrected chi connectivity index (χ0v) is 15.6. The fourth-order valence-corrected chi connectivity index (χ4v) is 3.62. The molecule has 0 amide bonds. The Hall–Kier alpha value is -2.14. The molecule has 4 N–H and O–H groups in total. The number of aliphatic hydroxyl groups excluding tert-OH is 1. The smallest absolute Gasteiger partial charge is 0.238 e. The number of hydrogen-bond acceptors (Lipinski definition) is 7. The molecular formula is C16H20N2O6S2. The Balaban J connectivity index is 2.08. The van der Waals surface area contributed by atoms with Crippen LogP contribution in [0.4, 0.5) is 5.69 Å². The molecule has 0 saturated heterocycles. The van der Waals surface area contributed by atoms with E-state index in [4.69, 9.17) is 9.88 Å². The van der Waals surface area contributed by atoms with Crippen LogP contribution in [0.15, 0.2) is 58.3 Å². The SMILES string of the molecule is CS(=O)(=O)c1cc(S(N)(=O)=O)ccc1NCC(O)COc1ccccc1. The summed E-state index contributed by atoms with van der Waals surface area (Å²) < 4.78 is 52.1. The molecule has 10 heteroatoms. The maximum absolute atomic E-state index is 11.9. The summed E-state index contributed by atoms with van der Waals surface area (Å²) in [5.41, 5.74) is 0.165. The molecule has 0 heterocycles. The number of sulfonamides is 1. The molecule has 142 valence electrons. The van der Waals surface area contributed by atoms with Crippen molar-refractivity contribution in [1.29, 1.82) is 0 Å². The number of nitrogens with one attached hydrogen (secondary N) is 1. The Morgan fingerprint density at radius 2 is 1.77 bits per heavy atom. The van der Waals surface area contributed by atoms with Gasteiger partial charge in [0.15, 0.2) is 9.84 Å². The second-order valence-electron chi connectivity index (χ2n) is 5.63. The number of para-hydroxylation sites is 1. The minimum atomic E-state index is -4.03. The number of aliphatic hydroxyl groups is 1. The van der Waals surface area contributed by atoms with Gasteiger partial charge in [-0.3, -0.25) is 0 Å². The number of rotatable bonds is 8. The van der Waals surface area contributed by atoms with Crippen LogP contribution >= 0.6 is 0 Å². The van der Waals surface area contributed by atoms with E-state index in [-0.39, 0.29) is 28.6 Å². The zero-order valence-electron chi connectivity index (χ0n) is 14.0. The third-order valence-corrected chi connectivity index (χ3v) is 5.44. The topological polar surface area (TPSA) is 136 Å². The van der Waals surface area contributed by atoms with Gasteiger partial charge in [0.1, 0.15) is 18.5 Å². The van der Waals surface area contributed by atoms with Gasteiger partial charge in [-0.25, -0.2) is 22.0 Å². The Labute approximate surface area is 152 Å². The van der Waals surface area contributed by atoms with Crippen LogP contribution in [0.2, 0.25) is 0 Å². The van der Waals surface area contributed by atoms with E-state index in [1.54, 1.807) is 24.3 Å². The Bertz CT molecular complexity index is 959. The van der Waals surface area contributed by atoms with Gasteiger partial charge in [0.2, 0.25) is 10.0 Å². The van der Waals surface area contributed by atoms with Crippen LogP contribution in [0.1, 0.15) is 0 Å². The van der Waals surface area contributed by atoms with Gasteiger partial charge < -0.3 is 15.2 Å². The number of ether oxygens (including phenoxy) is 1. The number of anilines is 1. The van der Waals surface area contributed by atoms with Crippen molar-refractivity contribution in [2.45, 2.75) is 15.9 Å². The van der Waals surface area contributed by atoms with Crippen molar-refractivity contribution >= 4 is 25.5 Å². The molecule has 1 atom stereocenters. The number of sulfone groups is 1. The van der Waals surface area contributed by atoms with Crippen molar-refractivity contribution in [3.05, 3.63) is 48.5 Å². The first-order chi connectivity index (χ1) is 12.1. The lowest BCUT2D eigenvalue weighted by atomic mass is 10.3. The highest BCUT2D eigenvalue weighted by atomic mass is 32.2. The standard InChI is InChI=1S/C16H20N2O6S2/c1-25(20,21)16-9-14(26(17,22)23)7-8-15(16)18-10-12(19)11-24-13-5-3-2-4-6-13/h2-9,12,18-19H,10-11H2,1H3,(H2,17,22,23). The molecule has 0 aromatic heterocycles. The second-order valence-corrected chi connectivity index (χ2v) is 9.18. The first-order valence-electron chi connectivity index (χ1n) is 7.54. The Kier molecular flexibility index (Phi) is 6.24. The lowest BCUT2D eigenvalue weighted by molar-refractivity contribution is 0.117. The molecule has 0 aliphatic rings. The minimum Gasteiger partial charge on any atom is -0.491 e. The molecule has 8 nitrogen and oxygen atoms in total. The first kappa shape index (κ1) is 20.2. The van der Waals surface area contributed by atoms with Crippen molar-refractivity contribution in [2.24, 2.45) is 5.14 Å². The summed E-state index contributed by atoms with van der Waals surface area (Å²) in [7, 11) is -7.75. The fraction of sp³-hybridized carbons (Fsp3) is 0.250. The van der Waals surface area contributed by atoms with Crippen molar-refractivity contribution in [3.63, 3.8) is 0 Å². The molecule has 0 bridgehead atoms. The van der Waals surface area contributed by atoms with Crippen LogP contribution in [0.25, 0.3) is 0 Å². The van der Waals surface area contributed by atoms with Crippen LogP contribution in [-0.2, 0) is 19.9 Å². The second kappa shape index (κ2) is 8.04. The molecule has 0 saturated carbocycles. The van der Waals surface area contributed by atoms with E-state index in [2.05, 4.69) is 5.32 Å². The Morgan fingerprint density at radius 3 is 2.35 bits per heavy atom. The normalized spacial score (nSPS) is 13.2. The highest BCUT2D eigenvalue weighted by molar-refractivity contribution is 7.91. The molecule has 26 heavy (non-hydrogen) atoms. The fourth-order valence-electron chi connectivity index (χ4n) is 2.13. The van der Waals surface area contributed by atoms with Crippen LogP contribution in [0.5, 0.6) is 5.75 Å². The van der Waals surface area contributed by atoms with E-state index < -0.39 is 26.0 Å². The maximum Gasteiger partial charge on any atom is 0.238 e. The molecule has 2 aromatic carbocycles. The summed E-state index contributed by atoms with van der Waals surface area (Å²) >= 11 is 0. The largest absolute Gasteiger partial charge is 0.491 e.